The van der Waals surface area contributed by atoms with Gasteiger partial charge in [-0.15, -0.1) is 0 Å². The van der Waals surface area contributed by atoms with Gasteiger partial charge in [0.25, 0.3) is 5.91 Å². The van der Waals surface area contributed by atoms with Crippen molar-refractivity contribution in [2.75, 3.05) is 23.5 Å². The van der Waals surface area contributed by atoms with E-state index in [0.717, 1.165) is 11.1 Å². The van der Waals surface area contributed by atoms with Gasteiger partial charge < -0.3 is 10.2 Å². The molecule has 1 N–H and O–H groups in total. The smallest absolute Gasteiger partial charge is 0.270 e. The highest BCUT2D eigenvalue weighted by atomic mass is 32.2. The standard InChI is InChI=1S/C19H24N4O3S/c1-13-6-4-5-7-15(13)11-20-19(24)17-10-18(22-14(2)21-17)23(3)16-8-9-27(25,26)12-16/h4-7,10,16H,8-9,11-12H2,1-3H3,(H,20,24). The zero-order chi connectivity index (χ0) is 19.6. The molecular formula is C19H24N4O3S. The summed E-state index contributed by atoms with van der Waals surface area (Å²) < 4.78 is 23.5. The van der Waals surface area contributed by atoms with E-state index in [4.69, 9.17) is 0 Å². The molecule has 1 saturated heterocycles. The van der Waals surface area contributed by atoms with Crippen LogP contribution in [0.2, 0.25) is 0 Å². The molecule has 8 heteroatoms. The molecule has 0 spiro atoms. The molecule has 1 aliphatic heterocycles. The summed E-state index contributed by atoms with van der Waals surface area (Å²) in [5.41, 5.74) is 2.43. The van der Waals surface area contributed by atoms with E-state index >= 15 is 0 Å². The second kappa shape index (κ2) is 7.64. The summed E-state index contributed by atoms with van der Waals surface area (Å²) in [6.07, 6.45) is 0.566. The van der Waals surface area contributed by atoms with Crippen molar-refractivity contribution in [3.63, 3.8) is 0 Å². The van der Waals surface area contributed by atoms with Crippen LogP contribution in [0.3, 0.4) is 0 Å². The average molecular weight is 388 g/mol. The van der Waals surface area contributed by atoms with Crippen molar-refractivity contribution < 1.29 is 13.2 Å². The zero-order valence-corrected chi connectivity index (χ0v) is 16.6. The Morgan fingerprint density at radius 1 is 1.26 bits per heavy atom. The molecule has 0 bridgehead atoms. The molecule has 1 amide bonds. The van der Waals surface area contributed by atoms with Crippen molar-refractivity contribution in [3.05, 3.63) is 53.0 Å². The summed E-state index contributed by atoms with van der Waals surface area (Å²) in [6, 6.07) is 9.35. The van der Waals surface area contributed by atoms with Crippen molar-refractivity contribution in [2.45, 2.75) is 32.9 Å². The Bertz CT molecular complexity index is 959. The van der Waals surface area contributed by atoms with Crippen LogP contribution in [0, 0.1) is 13.8 Å². The molecule has 1 fully saturated rings. The number of aromatic nitrogens is 2. The Kier molecular flexibility index (Phi) is 5.46. The van der Waals surface area contributed by atoms with Gasteiger partial charge in [0.2, 0.25) is 0 Å². The van der Waals surface area contributed by atoms with E-state index in [1.807, 2.05) is 43.1 Å². The number of benzene rings is 1. The lowest BCUT2D eigenvalue weighted by Gasteiger charge is -2.25. The first-order valence-corrected chi connectivity index (χ1v) is 10.7. The third-order valence-corrected chi connectivity index (χ3v) is 6.63. The van der Waals surface area contributed by atoms with E-state index in [1.54, 1.807) is 13.0 Å². The number of rotatable bonds is 5. The van der Waals surface area contributed by atoms with Gasteiger partial charge in [-0.25, -0.2) is 18.4 Å². The van der Waals surface area contributed by atoms with Crippen LogP contribution in [0.25, 0.3) is 0 Å². The third kappa shape index (κ3) is 4.63. The molecule has 0 aliphatic carbocycles. The molecule has 2 aromatic rings. The van der Waals surface area contributed by atoms with Crippen molar-refractivity contribution >= 4 is 21.6 Å². The molecule has 1 aromatic carbocycles. The Morgan fingerprint density at radius 3 is 2.67 bits per heavy atom. The third-order valence-electron chi connectivity index (χ3n) is 4.88. The summed E-state index contributed by atoms with van der Waals surface area (Å²) in [5.74, 6) is 1.06. The van der Waals surface area contributed by atoms with Gasteiger partial charge in [0.1, 0.15) is 17.3 Å². The fraction of sp³-hybridized carbons (Fsp3) is 0.421. The van der Waals surface area contributed by atoms with Gasteiger partial charge in [0.05, 0.1) is 11.5 Å². The van der Waals surface area contributed by atoms with E-state index in [9.17, 15) is 13.2 Å². The largest absolute Gasteiger partial charge is 0.356 e. The summed E-state index contributed by atoms with van der Waals surface area (Å²) in [4.78, 5) is 23.0. The number of hydrogen-bond donors (Lipinski definition) is 1. The minimum Gasteiger partial charge on any atom is -0.356 e. The number of sulfone groups is 1. The van der Waals surface area contributed by atoms with Crippen LogP contribution in [0.5, 0.6) is 0 Å². The SMILES string of the molecule is Cc1nc(C(=O)NCc2ccccc2C)cc(N(C)C2CCS(=O)(=O)C2)n1. The number of aryl methyl sites for hydroxylation is 2. The van der Waals surface area contributed by atoms with Gasteiger partial charge >= 0.3 is 0 Å². The highest BCUT2D eigenvalue weighted by Crippen LogP contribution is 2.22. The summed E-state index contributed by atoms with van der Waals surface area (Å²) >= 11 is 0. The Balaban J connectivity index is 1.74. The Labute approximate surface area is 159 Å². The normalized spacial score (nSPS) is 18.3. The van der Waals surface area contributed by atoms with E-state index in [2.05, 4.69) is 15.3 Å². The molecule has 144 valence electrons. The average Bonchev–Trinajstić information content (AvgIpc) is 2.99. The number of anilines is 1. The van der Waals surface area contributed by atoms with Crippen LogP contribution in [0.15, 0.2) is 30.3 Å². The molecule has 1 aromatic heterocycles. The lowest BCUT2D eigenvalue weighted by Crippen LogP contribution is -2.34. The zero-order valence-electron chi connectivity index (χ0n) is 15.8. The quantitative estimate of drug-likeness (QED) is 0.837. The second-order valence-corrected chi connectivity index (χ2v) is 9.16. The summed E-state index contributed by atoms with van der Waals surface area (Å²) in [7, 11) is -1.18. The van der Waals surface area contributed by atoms with Gasteiger partial charge in [0, 0.05) is 25.7 Å². The maximum Gasteiger partial charge on any atom is 0.270 e. The topological polar surface area (TPSA) is 92.3 Å². The van der Waals surface area contributed by atoms with Crippen molar-refractivity contribution in [2.24, 2.45) is 0 Å². The summed E-state index contributed by atoms with van der Waals surface area (Å²) in [6.45, 7) is 4.14. The van der Waals surface area contributed by atoms with Crippen LogP contribution < -0.4 is 10.2 Å². The molecule has 7 nitrogen and oxygen atoms in total. The van der Waals surface area contributed by atoms with Gasteiger partial charge in [-0.3, -0.25) is 4.79 Å². The number of carbonyl (C=O) groups excluding carboxylic acids is 1. The van der Waals surface area contributed by atoms with E-state index in [0.29, 0.717) is 24.6 Å². The predicted octanol–water partition coefficient (Wildman–Crippen LogP) is 1.65. The number of nitrogens with zero attached hydrogens (tertiary/aromatic N) is 3. The van der Waals surface area contributed by atoms with E-state index in [-0.39, 0.29) is 29.1 Å². The number of hydrogen-bond acceptors (Lipinski definition) is 6. The van der Waals surface area contributed by atoms with Gasteiger partial charge in [-0.05, 0) is 31.4 Å². The van der Waals surface area contributed by atoms with Crippen LogP contribution in [-0.4, -0.2) is 48.9 Å². The van der Waals surface area contributed by atoms with E-state index in [1.165, 1.54) is 0 Å². The number of nitrogens with one attached hydrogen (secondary N) is 1. The maximum atomic E-state index is 12.6. The minimum absolute atomic E-state index is 0.112. The van der Waals surface area contributed by atoms with E-state index < -0.39 is 9.84 Å². The molecule has 2 heterocycles. The number of amides is 1. The fourth-order valence-electron chi connectivity index (χ4n) is 3.19. The molecule has 27 heavy (non-hydrogen) atoms. The van der Waals surface area contributed by atoms with Crippen LogP contribution >= 0.6 is 0 Å². The molecule has 3 rings (SSSR count). The van der Waals surface area contributed by atoms with Crippen LogP contribution in [0.1, 0.15) is 33.9 Å². The highest BCUT2D eigenvalue weighted by Gasteiger charge is 2.31. The minimum atomic E-state index is -2.99. The first-order chi connectivity index (χ1) is 12.7. The predicted molar refractivity (Wildman–Crippen MR) is 105 cm³/mol. The van der Waals surface area contributed by atoms with Gasteiger partial charge in [-0.1, -0.05) is 24.3 Å². The molecular weight excluding hydrogens is 364 g/mol. The number of carbonyl (C=O) groups is 1. The molecule has 0 saturated carbocycles. The molecule has 1 aliphatic rings. The lowest BCUT2D eigenvalue weighted by molar-refractivity contribution is 0.0945. The summed E-state index contributed by atoms with van der Waals surface area (Å²) in [5, 5.41) is 2.89. The van der Waals surface area contributed by atoms with Gasteiger partial charge in [-0.2, -0.15) is 0 Å². The van der Waals surface area contributed by atoms with Crippen molar-refractivity contribution in [1.82, 2.24) is 15.3 Å². The first kappa shape index (κ1) is 19.3. The molecule has 1 unspecified atom stereocenters. The van der Waals surface area contributed by atoms with Crippen molar-refractivity contribution in [3.8, 4) is 0 Å². The fourth-order valence-corrected chi connectivity index (χ4v) is 4.97. The van der Waals surface area contributed by atoms with Crippen LogP contribution in [0.4, 0.5) is 5.82 Å². The Morgan fingerprint density at radius 2 is 2.00 bits per heavy atom. The maximum absolute atomic E-state index is 12.6. The lowest BCUT2D eigenvalue weighted by atomic mass is 10.1. The second-order valence-electron chi connectivity index (χ2n) is 6.94. The molecule has 0 radical (unpaired) electrons. The highest BCUT2D eigenvalue weighted by molar-refractivity contribution is 7.91. The monoisotopic (exact) mass is 388 g/mol. The van der Waals surface area contributed by atoms with Crippen LogP contribution in [-0.2, 0) is 16.4 Å². The van der Waals surface area contributed by atoms with Crippen molar-refractivity contribution in [1.29, 1.82) is 0 Å². The van der Waals surface area contributed by atoms with Gasteiger partial charge in [0.15, 0.2) is 9.84 Å². The molecule has 1 atom stereocenters. The Hall–Kier alpha value is -2.48. The first-order valence-electron chi connectivity index (χ1n) is 8.87.